The fourth-order valence-corrected chi connectivity index (χ4v) is 2.81. The second-order valence-corrected chi connectivity index (χ2v) is 5.92. The lowest BCUT2D eigenvalue weighted by Gasteiger charge is -2.13. The van der Waals surface area contributed by atoms with Crippen molar-refractivity contribution >= 4 is 28.3 Å². The summed E-state index contributed by atoms with van der Waals surface area (Å²) in [7, 11) is 1.31. The molecule has 2 amide bonds. The monoisotopic (exact) mass is 319 g/mol. The van der Waals surface area contributed by atoms with Gasteiger partial charge >= 0.3 is 12.0 Å². The van der Waals surface area contributed by atoms with Crippen LogP contribution in [0.3, 0.4) is 0 Å². The number of nitrogens with one attached hydrogen (secondary N) is 2. The summed E-state index contributed by atoms with van der Waals surface area (Å²) in [4.78, 5) is 28.8. The lowest BCUT2D eigenvalue weighted by Crippen LogP contribution is -2.31. The molecule has 0 bridgehead atoms. The second-order valence-electron chi connectivity index (χ2n) is 4.67. The van der Waals surface area contributed by atoms with Gasteiger partial charge in [-0.15, -0.1) is 11.3 Å². The Balaban J connectivity index is 2.05. The minimum absolute atomic E-state index is 0.246. The van der Waals surface area contributed by atoms with Crippen molar-refractivity contribution in [2.24, 2.45) is 0 Å². The van der Waals surface area contributed by atoms with Crippen LogP contribution in [-0.4, -0.2) is 24.1 Å². The van der Waals surface area contributed by atoms with E-state index in [4.69, 9.17) is 4.74 Å². The van der Waals surface area contributed by atoms with E-state index in [1.54, 1.807) is 12.3 Å². The summed E-state index contributed by atoms with van der Waals surface area (Å²) in [5.41, 5.74) is 1.11. The van der Waals surface area contributed by atoms with Crippen molar-refractivity contribution < 1.29 is 14.3 Å². The largest absolute Gasteiger partial charge is 0.465 e. The molecule has 0 unspecified atom stereocenters. The number of nitrogens with zero attached hydrogens (tertiary/aromatic N) is 1. The zero-order valence-corrected chi connectivity index (χ0v) is 13.4. The summed E-state index contributed by atoms with van der Waals surface area (Å²) >= 11 is 1.32. The molecule has 22 heavy (non-hydrogen) atoms. The van der Waals surface area contributed by atoms with Crippen molar-refractivity contribution in [3.63, 3.8) is 0 Å². The number of thiophene rings is 1. The predicted molar refractivity (Wildman–Crippen MR) is 85.2 cm³/mol. The first-order valence-corrected chi connectivity index (χ1v) is 7.50. The van der Waals surface area contributed by atoms with Gasteiger partial charge in [0.15, 0.2) is 0 Å². The zero-order chi connectivity index (χ0) is 16.1. The van der Waals surface area contributed by atoms with Crippen LogP contribution in [0.25, 0.3) is 0 Å². The summed E-state index contributed by atoms with van der Waals surface area (Å²) < 4.78 is 4.71. The van der Waals surface area contributed by atoms with Crippen molar-refractivity contribution in [1.82, 2.24) is 10.3 Å². The number of hydrogen-bond donors (Lipinski definition) is 2. The molecule has 2 N–H and O–H groups in total. The van der Waals surface area contributed by atoms with Crippen molar-refractivity contribution in [3.8, 4) is 0 Å². The highest BCUT2D eigenvalue weighted by Crippen LogP contribution is 2.28. The molecule has 2 aromatic heterocycles. The van der Waals surface area contributed by atoms with E-state index in [1.807, 2.05) is 32.0 Å². The van der Waals surface area contributed by atoms with Gasteiger partial charge in [0.05, 0.1) is 24.4 Å². The Hall–Kier alpha value is -2.41. The number of aryl methyl sites for hydroxylation is 1. The Morgan fingerprint density at radius 1 is 1.36 bits per heavy atom. The van der Waals surface area contributed by atoms with Crippen LogP contribution in [-0.2, 0) is 4.74 Å². The number of urea groups is 1. The molecule has 0 aliphatic rings. The second kappa shape index (κ2) is 7.04. The van der Waals surface area contributed by atoms with Gasteiger partial charge in [0.25, 0.3) is 0 Å². The minimum atomic E-state index is -0.475. The number of ether oxygens (including phenoxy) is 1. The number of carbonyl (C=O) groups is 2. The van der Waals surface area contributed by atoms with Crippen LogP contribution in [0, 0.1) is 6.92 Å². The topological polar surface area (TPSA) is 80.3 Å². The molecule has 0 aromatic carbocycles. The fraction of sp³-hybridized carbons (Fsp3) is 0.267. The molecule has 0 aliphatic heterocycles. The van der Waals surface area contributed by atoms with Crippen molar-refractivity contribution in [1.29, 1.82) is 0 Å². The standard InChI is InChI=1S/C15H17N3O3S/c1-9-8-11(14(19)21-3)13(22-9)18-15(20)17-10(2)12-6-4-5-7-16-12/h4-8,10H,1-3H3,(H2,17,18,20)/t10-/m1/s1. The molecule has 116 valence electrons. The van der Waals surface area contributed by atoms with Crippen LogP contribution in [0.4, 0.5) is 9.80 Å². The fourth-order valence-electron chi connectivity index (χ4n) is 1.91. The molecule has 2 aromatic rings. The lowest BCUT2D eigenvalue weighted by molar-refractivity contribution is 0.0602. The van der Waals surface area contributed by atoms with Gasteiger partial charge in [0.1, 0.15) is 5.00 Å². The lowest BCUT2D eigenvalue weighted by atomic mass is 10.2. The number of esters is 1. The molecular formula is C15H17N3O3S. The minimum Gasteiger partial charge on any atom is -0.465 e. The van der Waals surface area contributed by atoms with Crippen molar-refractivity contribution in [3.05, 3.63) is 46.6 Å². The SMILES string of the molecule is COC(=O)c1cc(C)sc1NC(=O)N[C@H](C)c1ccccn1. The molecule has 1 atom stereocenters. The van der Waals surface area contributed by atoms with E-state index in [1.165, 1.54) is 18.4 Å². The number of aromatic nitrogens is 1. The predicted octanol–water partition coefficient (Wildman–Crippen LogP) is 3.12. The average molecular weight is 319 g/mol. The number of anilines is 1. The van der Waals surface area contributed by atoms with Crippen LogP contribution < -0.4 is 10.6 Å². The molecule has 0 saturated heterocycles. The van der Waals surface area contributed by atoms with Crippen LogP contribution in [0.1, 0.15) is 33.9 Å². The van der Waals surface area contributed by atoms with E-state index in [-0.39, 0.29) is 6.04 Å². The molecule has 0 fully saturated rings. The van der Waals surface area contributed by atoms with Crippen LogP contribution in [0.2, 0.25) is 0 Å². The maximum Gasteiger partial charge on any atom is 0.340 e. The maximum atomic E-state index is 12.1. The van der Waals surface area contributed by atoms with Gasteiger partial charge in [0, 0.05) is 11.1 Å². The van der Waals surface area contributed by atoms with Crippen molar-refractivity contribution in [2.45, 2.75) is 19.9 Å². The number of amides is 2. The molecular weight excluding hydrogens is 302 g/mol. The summed E-state index contributed by atoms with van der Waals surface area (Å²) in [6.07, 6.45) is 1.67. The Bertz CT molecular complexity index is 670. The van der Waals surface area contributed by atoms with E-state index in [2.05, 4.69) is 15.6 Å². The Labute approximate surface area is 132 Å². The number of carbonyl (C=O) groups excluding carboxylic acids is 2. The molecule has 0 radical (unpaired) electrons. The van der Waals surface area contributed by atoms with Gasteiger partial charge in [-0.3, -0.25) is 10.3 Å². The Kier molecular flexibility index (Phi) is 5.11. The van der Waals surface area contributed by atoms with Gasteiger partial charge < -0.3 is 10.1 Å². The number of pyridine rings is 1. The van der Waals surface area contributed by atoms with Crippen LogP contribution >= 0.6 is 11.3 Å². The summed E-state index contributed by atoms with van der Waals surface area (Å²) in [6.45, 7) is 3.69. The normalized spacial score (nSPS) is 11.6. The summed E-state index contributed by atoms with van der Waals surface area (Å²) in [6, 6.07) is 6.55. The summed E-state index contributed by atoms with van der Waals surface area (Å²) in [5.74, 6) is -0.475. The van der Waals surface area contributed by atoms with E-state index < -0.39 is 12.0 Å². The maximum absolute atomic E-state index is 12.1. The Morgan fingerprint density at radius 2 is 2.14 bits per heavy atom. The van der Waals surface area contributed by atoms with E-state index in [0.29, 0.717) is 10.6 Å². The number of methoxy groups -OCH3 is 1. The van der Waals surface area contributed by atoms with Gasteiger partial charge in [-0.1, -0.05) is 6.07 Å². The third-order valence-electron chi connectivity index (χ3n) is 2.97. The van der Waals surface area contributed by atoms with E-state index in [9.17, 15) is 9.59 Å². The van der Waals surface area contributed by atoms with Gasteiger partial charge in [-0.05, 0) is 32.0 Å². The highest BCUT2D eigenvalue weighted by molar-refractivity contribution is 7.16. The molecule has 7 heteroatoms. The van der Waals surface area contributed by atoms with Gasteiger partial charge in [0.2, 0.25) is 0 Å². The van der Waals surface area contributed by atoms with E-state index >= 15 is 0 Å². The van der Waals surface area contributed by atoms with Crippen LogP contribution in [0.15, 0.2) is 30.5 Å². The molecule has 0 aliphatic carbocycles. The quantitative estimate of drug-likeness (QED) is 0.849. The first-order valence-electron chi connectivity index (χ1n) is 6.68. The average Bonchev–Trinajstić information content (AvgIpc) is 2.87. The molecule has 0 saturated carbocycles. The highest BCUT2D eigenvalue weighted by atomic mass is 32.1. The highest BCUT2D eigenvalue weighted by Gasteiger charge is 2.18. The third kappa shape index (κ3) is 3.82. The number of rotatable bonds is 4. The molecule has 0 spiro atoms. The summed E-state index contributed by atoms with van der Waals surface area (Å²) in [5, 5.41) is 5.93. The first kappa shape index (κ1) is 16.0. The van der Waals surface area contributed by atoms with Gasteiger partial charge in [-0.2, -0.15) is 0 Å². The first-order chi connectivity index (χ1) is 10.5. The van der Waals surface area contributed by atoms with E-state index in [0.717, 1.165) is 10.6 Å². The van der Waals surface area contributed by atoms with Gasteiger partial charge in [-0.25, -0.2) is 9.59 Å². The van der Waals surface area contributed by atoms with Crippen LogP contribution in [0.5, 0.6) is 0 Å². The third-order valence-corrected chi connectivity index (χ3v) is 3.93. The number of hydrogen-bond acceptors (Lipinski definition) is 5. The molecule has 2 heterocycles. The molecule has 2 rings (SSSR count). The van der Waals surface area contributed by atoms with Crippen molar-refractivity contribution in [2.75, 3.05) is 12.4 Å². The zero-order valence-electron chi connectivity index (χ0n) is 12.5. The molecule has 6 nitrogen and oxygen atoms in total. The smallest absolute Gasteiger partial charge is 0.340 e. The Morgan fingerprint density at radius 3 is 2.77 bits per heavy atom.